The summed E-state index contributed by atoms with van der Waals surface area (Å²) >= 11 is 0. The topological polar surface area (TPSA) is 152 Å². The number of rotatable bonds is 11. The molecule has 3 N–H and O–H groups in total. The number of pyridine rings is 1. The summed E-state index contributed by atoms with van der Waals surface area (Å²) in [4.78, 5) is 43.9. The molecule has 242 valence electrons. The number of aryl methyl sites for hydroxylation is 1. The Hall–Kier alpha value is -4.22. The number of alkyl halides is 3. The number of halogens is 3. The molecule has 1 aromatic heterocycles. The third-order valence-corrected chi connectivity index (χ3v) is 8.43. The molecular formula is C31H36F3N5O5S. The van der Waals surface area contributed by atoms with Crippen LogP contribution < -0.4 is 15.6 Å². The number of likely N-dealkylation sites (N-methyl/N-ethyl adjacent to an activating group) is 1. The van der Waals surface area contributed by atoms with Gasteiger partial charge in [0, 0.05) is 31.0 Å². The SMILES string of the molecule is Cc1ccc2[nH]c(=O)c(CC(C#N)NC(=O)[C@H](Cc3ccccc3)N(C)C(=O)[C@@H](NS(=O)(=O)CC(F)(F)F)C(C)(C)C)cc2c1. The Balaban J connectivity index is 1.92. The highest BCUT2D eigenvalue weighted by Crippen LogP contribution is 2.25. The molecule has 0 saturated carbocycles. The molecule has 10 nitrogen and oxygen atoms in total. The number of carbonyl (C=O) groups is 2. The maximum atomic E-state index is 13.7. The molecule has 3 rings (SSSR count). The fourth-order valence-electron chi connectivity index (χ4n) is 4.77. The van der Waals surface area contributed by atoms with Gasteiger partial charge in [-0.3, -0.25) is 14.4 Å². The standard InChI is InChI=1S/C31H36F3N5O5S/c1-19-11-12-24-21(13-19)15-22(27(40)37-24)16-23(17-35)36-28(41)25(14-20-9-7-6-8-10-20)39(5)29(42)26(30(2,3)4)38-45(43,44)18-31(32,33)34/h6-13,15,23,25-26,38H,14,16,18H2,1-5H3,(H,36,41)(H,37,40)/t23?,25-,26+/m0/s1. The minimum atomic E-state index is -5.04. The van der Waals surface area contributed by atoms with Gasteiger partial charge in [-0.25, -0.2) is 13.1 Å². The van der Waals surface area contributed by atoms with Crippen LogP contribution in [0.25, 0.3) is 10.9 Å². The first-order chi connectivity index (χ1) is 20.8. The normalized spacial score (nSPS) is 14.3. The monoisotopic (exact) mass is 647 g/mol. The van der Waals surface area contributed by atoms with Gasteiger partial charge in [-0.05, 0) is 41.5 Å². The fourth-order valence-corrected chi connectivity index (χ4v) is 6.10. The molecule has 0 aliphatic carbocycles. The number of fused-ring (bicyclic) bond motifs is 1. The van der Waals surface area contributed by atoms with Gasteiger partial charge in [0.25, 0.3) is 5.56 Å². The van der Waals surface area contributed by atoms with E-state index in [4.69, 9.17) is 0 Å². The summed E-state index contributed by atoms with van der Waals surface area (Å²) in [5.41, 5.74) is 0.800. The number of carbonyl (C=O) groups excluding carboxylic acids is 2. The molecule has 3 atom stereocenters. The van der Waals surface area contributed by atoms with Crippen LogP contribution in [0.15, 0.2) is 59.4 Å². The molecule has 0 aliphatic rings. The number of nitrogens with one attached hydrogen (secondary N) is 3. The smallest absolute Gasteiger partial charge is 0.338 e. The molecule has 0 saturated heterocycles. The van der Waals surface area contributed by atoms with Gasteiger partial charge in [-0.1, -0.05) is 62.7 Å². The number of benzene rings is 2. The number of hydrogen-bond donors (Lipinski definition) is 3. The number of nitrogens with zero attached hydrogens (tertiary/aromatic N) is 2. The number of aromatic nitrogens is 1. The number of nitriles is 1. The van der Waals surface area contributed by atoms with Crippen LogP contribution in [-0.2, 0) is 32.5 Å². The lowest BCUT2D eigenvalue weighted by atomic mass is 9.86. The van der Waals surface area contributed by atoms with Gasteiger partial charge in [0.05, 0.1) is 6.07 Å². The average molecular weight is 648 g/mol. The Kier molecular flexibility index (Phi) is 10.8. The van der Waals surface area contributed by atoms with Gasteiger partial charge in [0.15, 0.2) is 5.75 Å². The Morgan fingerprint density at radius 1 is 1.04 bits per heavy atom. The molecule has 0 spiro atoms. The second-order valence-electron chi connectivity index (χ2n) is 12.1. The van der Waals surface area contributed by atoms with Crippen molar-refractivity contribution in [3.05, 3.63) is 81.6 Å². The van der Waals surface area contributed by atoms with Crippen LogP contribution in [0, 0.1) is 23.7 Å². The number of H-pyrrole nitrogens is 1. The predicted molar refractivity (Wildman–Crippen MR) is 163 cm³/mol. The van der Waals surface area contributed by atoms with E-state index in [9.17, 15) is 41.2 Å². The van der Waals surface area contributed by atoms with E-state index >= 15 is 0 Å². The molecule has 0 fully saturated rings. The summed E-state index contributed by atoms with van der Waals surface area (Å²) in [5.74, 6) is -3.91. The summed E-state index contributed by atoms with van der Waals surface area (Å²) < 4.78 is 65.5. The lowest BCUT2D eigenvalue weighted by Gasteiger charge is -2.36. The quantitative estimate of drug-likeness (QED) is 0.290. The van der Waals surface area contributed by atoms with Crippen molar-refractivity contribution in [1.82, 2.24) is 19.9 Å². The molecule has 0 bridgehead atoms. The summed E-state index contributed by atoms with van der Waals surface area (Å²) in [7, 11) is -3.74. The van der Waals surface area contributed by atoms with Gasteiger partial charge >= 0.3 is 6.18 Å². The number of amides is 2. The van der Waals surface area contributed by atoms with Crippen molar-refractivity contribution in [1.29, 1.82) is 5.26 Å². The summed E-state index contributed by atoms with van der Waals surface area (Å²) in [6, 6.07) is 13.5. The van der Waals surface area contributed by atoms with Crippen LogP contribution in [0.4, 0.5) is 13.2 Å². The van der Waals surface area contributed by atoms with Gasteiger partial charge in [-0.15, -0.1) is 0 Å². The molecule has 1 heterocycles. The largest absolute Gasteiger partial charge is 0.404 e. The molecule has 0 aliphatic heterocycles. The van der Waals surface area contributed by atoms with Crippen LogP contribution in [0.1, 0.15) is 37.5 Å². The molecule has 3 aromatic rings. The highest BCUT2D eigenvalue weighted by molar-refractivity contribution is 7.89. The number of aromatic amines is 1. The van der Waals surface area contributed by atoms with E-state index in [0.717, 1.165) is 15.8 Å². The minimum absolute atomic E-state index is 0.0605. The highest BCUT2D eigenvalue weighted by Gasteiger charge is 2.43. The van der Waals surface area contributed by atoms with Gasteiger partial charge < -0.3 is 15.2 Å². The van der Waals surface area contributed by atoms with Crippen molar-refractivity contribution in [2.75, 3.05) is 12.8 Å². The van der Waals surface area contributed by atoms with Crippen LogP contribution in [0.2, 0.25) is 0 Å². The van der Waals surface area contributed by atoms with E-state index < -0.39 is 62.9 Å². The average Bonchev–Trinajstić information content (AvgIpc) is 2.92. The van der Waals surface area contributed by atoms with E-state index in [1.165, 1.54) is 27.8 Å². The zero-order chi connectivity index (χ0) is 33.7. The molecule has 0 radical (unpaired) electrons. The maximum absolute atomic E-state index is 13.7. The van der Waals surface area contributed by atoms with Crippen molar-refractivity contribution in [2.45, 2.75) is 64.8 Å². The molecule has 45 heavy (non-hydrogen) atoms. The lowest BCUT2D eigenvalue weighted by Crippen LogP contribution is -2.59. The van der Waals surface area contributed by atoms with E-state index in [0.29, 0.717) is 11.1 Å². The molecule has 2 aromatic carbocycles. The highest BCUT2D eigenvalue weighted by atomic mass is 32.2. The van der Waals surface area contributed by atoms with E-state index in [-0.39, 0.29) is 18.4 Å². The molecule has 2 amide bonds. The number of hydrogen-bond acceptors (Lipinski definition) is 6. The van der Waals surface area contributed by atoms with Crippen LogP contribution in [0.3, 0.4) is 0 Å². The van der Waals surface area contributed by atoms with Crippen LogP contribution >= 0.6 is 0 Å². The van der Waals surface area contributed by atoms with Crippen molar-refractivity contribution in [3.63, 3.8) is 0 Å². The van der Waals surface area contributed by atoms with Crippen LogP contribution in [0.5, 0.6) is 0 Å². The summed E-state index contributed by atoms with van der Waals surface area (Å²) in [5, 5.41) is 13.2. The summed E-state index contributed by atoms with van der Waals surface area (Å²) in [6.45, 7) is 6.30. The van der Waals surface area contributed by atoms with E-state index in [2.05, 4.69) is 10.3 Å². The zero-order valence-corrected chi connectivity index (χ0v) is 26.3. The van der Waals surface area contributed by atoms with E-state index in [1.54, 1.807) is 42.5 Å². The first-order valence-corrected chi connectivity index (χ1v) is 15.6. The second kappa shape index (κ2) is 13.8. The third-order valence-electron chi connectivity index (χ3n) is 7.13. The first-order valence-electron chi connectivity index (χ1n) is 14.0. The van der Waals surface area contributed by atoms with E-state index in [1.807, 2.05) is 29.8 Å². The molecule has 14 heteroatoms. The predicted octanol–water partition coefficient (Wildman–Crippen LogP) is 3.35. The minimum Gasteiger partial charge on any atom is -0.338 e. The third kappa shape index (κ3) is 9.89. The van der Waals surface area contributed by atoms with Crippen molar-refractivity contribution < 1.29 is 31.2 Å². The zero-order valence-electron chi connectivity index (χ0n) is 25.5. The van der Waals surface area contributed by atoms with Gasteiger partial charge in [-0.2, -0.15) is 18.4 Å². The Morgan fingerprint density at radius 2 is 1.69 bits per heavy atom. The second-order valence-corrected chi connectivity index (χ2v) is 13.8. The maximum Gasteiger partial charge on any atom is 0.404 e. The van der Waals surface area contributed by atoms with Gasteiger partial charge in [0.2, 0.25) is 21.8 Å². The van der Waals surface area contributed by atoms with Gasteiger partial charge in [0.1, 0.15) is 18.1 Å². The lowest BCUT2D eigenvalue weighted by molar-refractivity contribution is -0.142. The van der Waals surface area contributed by atoms with Crippen molar-refractivity contribution >= 4 is 32.7 Å². The fraction of sp³-hybridized carbons (Fsp3) is 0.419. The van der Waals surface area contributed by atoms with Crippen molar-refractivity contribution in [2.24, 2.45) is 5.41 Å². The molecular weight excluding hydrogens is 611 g/mol. The Morgan fingerprint density at radius 3 is 2.27 bits per heavy atom. The Labute approximate surface area is 259 Å². The number of sulfonamides is 1. The van der Waals surface area contributed by atoms with Crippen LogP contribution in [-0.4, -0.2) is 67.2 Å². The Bertz CT molecular complexity index is 1750. The molecule has 1 unspecified atom stereocenters. The van der Waals surface area contributed by atoms with Crippen molar-refractivity contribution in [3.8, 4) is 6.07 Å². The first kappa shape index (κ1) is 35.3. The summed E-state index contributed by atoms with van der Waals surface area (Å²) in [6.07, 6.45) is -5.26.